The Kier molecular flexibility index (Phi) is 8.07. The summed E-state index contributed by atoms with van der Waals surface area (Å²) >= 11 is 0. The van der Waals surface area contributed by atoms with Gasteiger partial charge in [0.25, 0.3) is 11.8 Å². The van der Waals surface area contributed by atoms with Crippen molar-refractivity contribution in [1.82, 2.24) is 10.7 Å². The van der Waals surface area contributed by atoms with E-state index in [2.05, 4.69) is 15.8 Å². The number of nitrogens with zero attached hydrogens (tertiary/aromatic N) is 2. The SMILES string of the molecule is COc1ccc(/C=C(\NC(=O)c2ccccc2)C(=O)NN=Cc2ccc(N(C)C)o2)c(OC)c1. The third-order valence-corrected chi connectivity index (χ3v) is 4.68. The van der Waals surface area contributed by atoms with Gasteiger partial charge in [0, 0.05) is 37.4 Å². The molecule has 0 aliphatic carbocycles. The predicted molar refractivity (Wildman–Crippen MR) is 130 cm³/mol. The van der Waals surface area contributed by atoms with E-state index in [9.17, 15) is 9.59 Å². The Hall–Kier alpha value is -4.53. The van der Waals surface area contributed by atoms with Crippen molar-refractivity contribution in [2.24, 2.45) is 5.10 Å². The molecule has 0 spiro atoms. The topological polar surface area (TPSA) is 105 Å². The first-order chi connectivity index (χ1) is 16.4. The standard InChI is InChI=1S/C25H26N4O5/c1-29(2)23-13-12-20(34-23)16-26-28-25(31)21(27-24(30)17-8-6-5-7-9-17)14-18-10-11-19(32-3)15-22(18)33-4/h5-16H,1-4H3,(H,27,30)(H,28,31)/b21-14-,26-16?. The molecule has 9 nitrogen and oxygen atoms in total. The number of hydrogen-bond donors (Lipinski definition) is 2. The number of nitrogens with one attached hydrogen (secondary N) is 2. The van der Waals surface area contributed by atoms with Gasteiger partial charge in [0.05, 0.1) is 20.4 Å². The summed E-state index contributed by atoms with van der Waals surface area (Å²) in [6, 6.07) is 17.2. The molecular formula is C25H26N4O5. The molecule has 0 unspecified atom stereocenters. The summed E-state index contributed by atoms with van der Waals surface area (Å²) in [6.07, 6.45) is 2.87. The van der Waals surface area contributed by atoms with Crippen molar-refractivity contribution in [2.45, 2.75) is 0 Å². The van der Waals surface area contributed by atoms with Crippen molar-refractivity contribution in [2.75, 3.05) is 33.2 Å². The van der Waals surface area contributed by atoms with Gasteiger partial charge in [-0.15, -0.1) is 0 Å². The van der Waals surface area contributed by atoms with Gasteiger partial charge in [-0.1, -0.05) is 18.2 Å². The fourth-order valence-electron chi connectivity index (χ4n) is 2.90. The lowest BCUT2D eigenvalue weighted by Crippen LogP contribution is -2.32. The fourth-order valence-corrected chi connectivity index (χ4v) is 2.90. The minimum absolute atomic E-state index is 0.0251. The second kappa shape index (κ2) is 11.4. The lowest BCUT2D eigenvalue weighted by Gasteiger charge is -2.11. The number of furan rings is 1. The van der Waals surface area contributed by atoms with E-state index in [-0.39, 0.29) is 5.70 Å². The van der Waals surface area contributed by atoms with E-state index in [1.54, 1.807) is 72.7 Å². The van der Waals surface area contributed by atoms with E-state index >= 15 is 0 Å². The molecule has 0 fully saturated rings. The first kappa shape index (κ1) is 24.1. The molecule has 1 aromatic heterocycles. The van der Waals surface area contributed by atoms with Crippen LogP contribution >= 0.6 is 0 Å². The zero-order valence-corrected chi connectivity index (χ0v) is 19.4. The molecule has 0 atom stereocenters. The molecular weight excluding hydrogens is 436 g/mol. The van der Waals surface area contributed by atoms with Crippen molar-refractivity contribution >= 4 is 30.0 Å². The Morgan fingerprint density at radius 2 is 1.76 bits per heavy atom. The molecule has 176 valence electrons. The smallest absolute Gasteiger partial charge is 0.287 e. The summed E-state index contributed by atoms with van der Waals surface area (Å²) in [5, 5.41) is 6.60. The second-order valence-electron chi connectivity index (χ2n) is 7.26. The molecule has 9 heteroatoms. The highest BCUT2D eigenvalue weighted by atomic mass is 16.5. The van der Waals surface area contributed by atoms with Crippen LogP contribution in [-0.4, -0.2) is 46.3 Å². The number of ether oxygens (including phenoxy) is 2. The highest BCUT2D eigenvalue weighted by Crippen LogP contribution is 2.26. The summed E-state index contributed by atoms with van der Waals surface area (Å²) in [5.41, 5.74) is 3.35. The minimum atomic E-state index is -0.627. The molecule has 0 saturated carbocycles. The normalized spacial score (nSPS) is 11.2. The van der Waals surface area contributed by atoms with E-state index in [0.717, 1.165) is 0 Å². The highest BCUT2D eigenvalue weighted by Gasteiger charge is 2.16. The predicted octanol–water partition coefficient (Wildman–Crippen LogP) is 3.28. The van der Waals surface area contributed by atoms with Crippen LogP contribution in [0.3, 0.4) is 0 Å². The summed E-state index contributed by atoms with van der Waals surface area (Å²) < 4.78 is 16.2. The Bertz CT molecular complexity index is 1200. The summed E-state index contributed by atoms with van der Waals surface area (Å²) in [4.78, 5) is 27.5. The van der Waals surface area contributed by atoms with Gasteiger partial charge in [0.15, 0.2) is 5.88 Å². The van der Waals surface area contributed by atoms with Crippen LogP contribution in [0.5, 0.6) is 11.5 Å². The molecule has 0 saturated heterocycles. The third kappa shape index (κ3) is 6.26. The average molecular weight is 463 g/mol. The van der Waals surface area contributed by atoms with Crippen molar-refractivity contribution < 1.29 is 23.5 Å². The lowest BCUT2D eigenvalue weighted by atomic mass is 10.1. The summed E-state index contributed by atoms with van der Waals surface area (Å²) in [5.74, 6) is 1.09. The zero-order valence-electron chi connectivity index (χ0n) is 19.4. The van der Waals surface area contributed by atoms with Crippen molar-refractivity contribution in [1.29, 1.82) is 0 Å². The van der Waals surface area contributed by atoms with Crippen LogP contribution in [0.2, 0.25) is 0 Å². The molecule has 3 rings (SSSR count). The van der Waals surface area contributed by atoms with E-state index < -0.39 is 11.8 Å². The molecule has 0 aliphatic heterocycles. The zero-order chi connectivity index (χ0) is 24.5. The van der Waals surface area contributed by atoms with Gasteiger partial charge in [-0.25, -0.2) is 5.43 Å². The number of benzene rings is 2. The average Bonchev–Trinajstić information content (AvgIpc) is 3.33. The fraction of sp³-hybridized carbons (Fsp3) is 0.160. The van der Waals surface area contributed by atoms with Gasteiger partial charge >= 0.3 is 0 Å². The molecule has 2 aromatic carbocycles. The number of hydrazone groups is 1. The van der Waals surface area contributed by atoms with Gasteiger partial charge in [-0.2, -0.15) is 5.10 Å². The number of hydrogen-bond acceptors (Lipinski definition) is 7. The number of rotatable bonds is 9. The number of anilines is 1. The van der Waals surface area contributed by atoms with Crippen LogP contribution < -0.4 is 25.1 Å². The molecule has 0 aliphatic rings. The molecule has 3 aromatic rings. The van der Waals surface area contributed by atoms with E-state index in [1.807, 2.05) is 14.1 Å². The lowest BCUT2D eigenvalue weighted by molar-refractivity contribution is -0.117. The van der Waals surface area contributed by atoms with Gasteiger partial charge in [-0.05, 0) is 36.4 Å². The number of methoxy groups -OCH3 is 2. The van der Waals surface area contributed by atoms with Crippen LogP contribution in [0.1, 0.15) is 21.7 Å². The third-order valence-electron chi connectivity index (χ3n) is 4.68. The van der Waals surface area contributed by atoms with Crippen LogP contribution in [0.15, 0.2) is 75.9 Å². The Balaban J connectivity index is 1.86. The van der Waals surface area contributed by atoms with E-state index in [0.29, 0.717) is 34.3 Å². The summed E-state index contributed by atoms with van der Waals surface area (Å²) in [7, 11) is 6.74. The number of carbonyl (C=O) groups is 2. The summed E-state index contributed by atoms with van der Waals surface area (Å²) in [6.45, 7) is 0. The van der Waals surface area contributed by atoms with Gasteiger partial charge in [0.1, 0.15) is 23.0 Å². The quantitative estimate of drug-likeness (QED) is 0.287. The van der Waals surface area contributed by atoms with Crippen molar-refractivity contribution in [3.8, 4) is 11.5 Å². The minimum Gasteiger partial charge on any atom is -0.497 e. The first-order valence-corrected chi connectivity index (χ1v) is 10.3. The Labute approximate surface area is 197 Å². The Morgan fingerprint density at radius 1 is 1.00 bits per heavy atom. The van der Waals surface area contributed by atoms with Gasteiger partial charge in [0.2, 0.25) is 0 Å². The molecule has 34 heavy (non-hydrogen) atoms. The maximum Gasteiger partial charge on any atom is 0.287 e. The molecule has 2 N–H and O–H groups in total. The largest absolute Gasteiger partial charge is 0.497 e. The second-order valence-corrected chi connectivity index (χ2v) is 7.26. The van der Waals surface area contributed by atoms with Crippen LogP contribution in [0.25, 0.3) is 6.08 Å². The van der Waals surface area contributed by atoms with E-state index in [4.69, 9.17) is 13.9 Å². The highest BCUT2D eigenvalue weighted by molar-refractivity contribution is 6.05. The Morgan fingerprint density at radius 3 is 2.41 bits per heavy atom. The number of amides is 2. The molecule has 0 radical (unpaired) electrons. The van der Waals surface area contributed by atoms with Crippen LogP contribution in [0.4, 0.5) is 5.88 Å². The van der Waals surface area contributed by atoms with Crippen LogP contribution in [0, 0.1) is 0 Å². The molecule has 2 amide bonds. The monoisotopic (exact) mass is 462 g/mol. The maximum absolute atomic E-state index is 12.9. The van der Waals surface area contributed by atoms with E-state index in [1.165, 1.54) is 19.4 Å². The van der Waals surface area contributed by atoms with Gasteiger partial charge < -0.3 is 24.1 Å². The van der Waals surface area contributed by atoms with Crippen molar-refractivity contribution in [3.63, 3.8) is 0 Å². The molecule has 0 bridgehead atoms. The number of carbonyl (C=O) groups excluding carboxylic acids is 2. The first-order valence-electron chi connectivity index (χ1n) is 10.3. The van der Waals surface area contributed by atoms with Crippen LogP contribution in [-0.2, 0) is 4.79 Å². The van der Waals surface area contributed by atoms with Crippen molar-refractivity contribution in [3.05, 3.63) is 83.2 Å². The molecule has 1 heterocycles. The maximum atomic E-state index is 12.9. The van der Waals surface area contributed by atoms with Gasteiger partial charge in [-0.3, -0.25) is 9.59 Å².